The summed E-state index contributed by atoms with van der Waals surface area (Å²) in [5.74, 6) is -0.801. The Morgan fingerprint density at radius 1 is 1.57 bits per heavy atom. The molecule has 2 heterocycles. The van der Waals surface area contributed by atoms with E-state index in [0.717, 1.165) is 35.6 Å². The predicted molar refractivity (Wildman–Crippen MR) is 81.9 cm³/mol. The molecule has 0 aliphatic carbocycles. The van der Waals surface area contributed by atoms with Gasteiger partial charge in [0.1, 0.15) is 0 Å². The molecule has 1 fully saturated rings. The van der Waals surface area contributed by atoms with Crippen molar-refractivity contribution < 1.29 is 14.6 Å². The summed E-state index contributed by atoms with van der Waals surface area (Å²) < 4.78 is 7.75. The van der Waals surface area contributed by atoms with Crippen molar-refractivity contribution in [2.75, 3.05) is 19.0 Å². The van der Waals surface area contributed by atoms with Crippen LogP contribution in [0.1, 0.15) is 24.4 Å². The Kier molecular flexibility index (Phi) is 4.17. The molecule has 1 aromatic carbocycles. The second-order valence-electron chi connectivity index (χ2n) is 5.31. The van der Waals surface area contributed by atoms with Crippen LogP contribution in [0.4, 0.5) is 0 Å². The number of carbonyl (C=O) groups is 1. The summed E-state index contributed by atoms with van der Waals surface area (Å²) in [6, 6.07) is 6.38. The lowest BCUT2D eigenvalue weighted by Crippen LogP contribution is -2.22. The fourth-order valence-corrected chi connectivity index (χ4v) is 3.49. The topological polar surface area (TPSA) is 64.3 Å². The molecule has 1 aliphatic rings. The van der Waals surface area contributed by atoms with Gasteiger partial charge in [0.25, 0.3) is 0 Å². The quantitative estimate of drug-likeness (QED) is 0.880. The number of fused-ring (bicyclic) bond motifs is 1. The molecule has 21 heavy (non-hydrogen) atoms. The molecule has 0 amide bonds. The highest BCUT2D eigenvalue weighted by atomic mass is 32.2. The highest BCUT2D eigenvalue weighted by molar-refractivity contribution is 7.99. The number of carboxylic acids is 1. The van der Waals surface area contributed by atoms with Gasteiger partial charge in [-0.15, -0.1) is 0 Å². The standard InChI is InChI=1S/C15H18N2O3S/c1-10-4-5-12-13(7-10)17(11-3-2-6-20-8-11)15(16-12)21-9-14(18)19/h4-5,7,11H,2-3,6,8-9H2,1H3,(H,18,19). The second kappa shape index (κ2) is 6.07. The normalized spacial score (nSPS) is 19.0. The first-order chi connectivity index (χ1) is 10.1. The molecule has 0 saturated carbocycles. The summed E-state index contributed by atoms with van der Waals surface area (Å²) in [6.07, 6.45) is 2.07. The van der Waals surface area contributed by atoms with Gasteiger partial charge in [-0.1, -0.05) is 17.8 Å². The molecule has 1 unspecified atom stereocenters. The van der Waals surface area contributed by atoms with E-state index in [-0.39, 0.29) is 11.8 Å². The van der Waals surface area contributed by atoms with E-state index in [1.54, 1.807) is 0 Å². The first-order valence-corrected chi connectivity index (χ1v) is 8.04. The van der Waals surface area contributed by atoms with Crippen LogP contribution >= 0.6 is 11.8 Å². The molecule has 5 nitrogen and oxygen atoms in total. The van der Waals surface area contributed by atoms with E-state index in [0.29, 0.717) is 6.61 Å². The number of rotatable bonds is 4. The molecule has 2 aromatic rings. The fraction of sp³-hybridized carbons (Fsp3) is 0.467. The summed E-state index contributed by atoms with van der Waals surface area (Å²) in [6.45, 7) is 3.53. The second-order valence-corrected chi connectivity index (χ2v) is 6.25. The minimum absolute atomic E-state index is 0.0237. The van der Waals surface area contributed by atoms with Crippen molar-refractivity contribution in [2.45, 2.75) is 31.0 Å². The van der Waals surface area contributed by atoms with Gasteiger partial charge < -0.3 is 14.4 Å². The van der Waals surface area contributed by atoms with E-state index >= 15 is 0 Å². The zero-order chi connectivity index (χ0) is 14.8. The SMILES string of the molecule is Cc1ccc2nc(SCC(=O)O)n(C3CCCOC3)c2c1. The Bertz CT molecular complexity index is 662. The van der Waals surface area contributed by atoms with Gasteiger partial charge in [-0.05, 0) is 37.5 Å². The third kappa shape index (κ3) is 3.06. The lowest BCUT2D eigenvalue weighted by Gasteiger charge is -2.25. The number of aromatic nitrogens is 2. The molecule has 0 bridgehead atoms. The van der Waals surface area contributed by atoms with E-state index in [9.17, 15) is 4.79 Å². The summed E-state index contributed by atoms with van der Waals surface area (Å²) in [5.41, 5.74) is 3.16. The summed E-state index contributed by atoms with van der Waals surface area (Å²) >= 11 is 1.28. The van der Waals surface area contributed by atoms with Crippen molar-refractivity contribution in [3.63, 3.8) is 0 Å². The average molecular weight is 306 g/mol. The van der Waals surface area contributed by atoms with Crippen LogP contribution in [0.15, 0.2) is 23.4 Å². The number of benzene rings is 1. The first-order valence-electron chi connectivity index (χ1n) is 7.06. The Morgan fingerprint density at radius 2 is 2.43 bits per heavy atom. The molecule has 112 valence electrons. The number of aliphatic carboxylic acids is 1. The zero-order valence-corrected chi connectivity index (χ0v) is 12.7. The van der Waals surface area contributed by atoms with Crippen LogP contribution in [0.2, 0.25) is 0 Å². The van der Waals surface area contributed by atoms with Crippen molar-refractivity contribution >= 4 is 28.8 Å². The van der Waals surface area contributed by atoms with Crippen LogP contribution in [0.3, 0.4) is 0 Å². The fourth-order valence-electron chi connectivity index (χ4n) is 2.69. The van der Waals surface area contributed by atoms with E-state index in [1.807, 2.05) is 12.1 Å². The highest BCUT2D eigenvalue weighted by Crippen LogP contribution is 2.32. The summed E-state index contributed by atoms with van der Waals surface area (Å²) in [4.78, 5) is 15.5. The lowest BCUT2D eigenvalue weighted by molar-refractivity contribution is -0.133. The van der Waals surface area contributed by atoms with Crippen LogP contribution in [-0.4, -0.2) is 39.6 Å². The van der Waals surface area contributed by atoms with Gasteiger partial charge in [0.2, 0.25) is 0 Å². The molecule has 3 rings (SSSR count). The van der Waals surface area contributed by atoms with Crippen molar-refractivity contribution in [1.29, 1.82) is 0 Å². The van der Waals surface area contributed by atoms with E-state index in [2.05, 4.69) is 22.5 Å². The van der Waals surface area contributed by atoms with Crippen LogP contribution in [-0.2, 0) is 9.53 Å². The van der Waals surface area contributed by atoms with E-state index in [1.165, 1.54) is 17.3 Å². The number of hydrogen-bond donors (Lipinski definition) is 1. The van der Waals surface area contributed by atoms with Gasteiger partial charge in [-0.25, -0.2) is 4.98 Å². The van der Waals surface area contributed by atoms with Crippen LogP contribution in [0.5, 0.6) is 0 Å². The zero-order valence-electron chi connectivity index (χ0n) is 11.9. The van der Waals surface area contributed by atoms with Crippen molar-refractivity contribution in [2.24, 2.45) is 0 Å². The molecular formula is C15H18N2O3S. The van der Waals surface area contributed by atoms with Crippen LogP contribution in [0.25, 0.3) is 11.0 Å². The molecule has 1 aliphatic heterocycles. The molecule has 0 radical (unpaired) electrons. The Hall–Kier alpha value is -1.53. The van der Waals surface area contributed by atoms with Crippen molar-refractivity contribution in [1.82, 2.24) is 9.55 Å². The maximum absolute atomic E-state index is 10.8. The van der Waals surface area contributed by atoms with Gasteiger partial charge in [0, 0.05) is 6.61 Å². The van der Waals surface area contributed by atoms with E-state index in [4.69, 9.17) is 9.84 Å². The molecule has 1 atom stereocenters. The maximum Gasteiger partial charge on any atom is 0.313 e. The number of ether oxygens (including phenoxy) is 1. The minimum Gasteiger partial charge on any atom is -0.481 e. The number of hydrogen-bond acceptors (Lipinski definition) is 4. The monoisotopic (exact) mass is 306 g/mol. The maximum atomic E-state index is 10.8. The minimum atomic E-state index is -0.824. The van der Waals surface area contributed by atoms with Crippen molar-refractivity contribution in [3.8, 4) is 0 Å². The number of aryl methyl sites for hydroxylation is 1. The molecule has 1 saturated heterocycles. The van der Waals surface area contributed by atoms with Crippen LogP contribution in [0, 0.1) is 6.92 Å². The smallest absolute Gasteiger partial charge is 0.313 e. The summed E-state index contributed by atoms with van der Waals surface area (Å²) in [5, 5.41) is 9.68. The van der Waals surface area contributed by atoms with Crippen LogP contribution < -0.4 is 0 Å². The van der Waals surface area contributed by atoms with Gasteiger partial charge in [-0.2, -0.15) is 0 Å². The third-order valence-electron chi connectivity index (χ3n) is 3.64. The Morgan fingerprint density at radius 3 is 3.14 bits per heavy atom. The lowest BCUT2D eigenvalue weighted by atomic mass is 10.1. The van der Waals surface area contributed by atoms with E-state index < -0.39 is 5.97 Å². The Labute approximate surface area is 127 Å². The Balaban J connectivity index is 2.04. The first kappa shape index (κ1) is 14.4. The molecule has 6 heteroatoms. The van der Waals surface area contributed by atoms with Gasteiger partial charge in [0.05, 0.1) is 29.4 Å². The number of nitrogens with zero attached hydrogens (tertiary/aromatic N) is 2. The predicted octanol–water partition coefficient (Wildman–Crippen LogP) is 2.87. The highest BCUT2D eigenvalue weighted by Gasteiger charge is 2.22. The summed E-state index contributed by atoms with van der Waals surface area (Å²) in [7, 11) is 0. The largest absolute Gasteiger partial charge is 0.481 e. The number of carboxylic acid groups (broad SMARTS) is 1. The van der Waals surface area contributed by atoms with Gasteiger partial charge >= 0.3 is 5.97 Å². The van der Waals surface area contributed by atoms with Gasteiger partial charge in [-0.3, -0.25) is 4.79 Å². The molecular weight excluding hydrogens is 288 g/mol. The molecule has 1 N–H and O–H groups in total. The molecule has 1 aromatic heterocycles. The third-order valence-corrected chi connectivity index (χ3v) is 4.58. The average Bonchev–Trinajstić information content (AvgIpc) is 2.83. The number of thioether (sulfide) groups is 1. The number of imidazole rings is 1. The van der Waals surface area contributed by atoms with Gasteiger partial charge in [0.15, 0.2) is 5.16 Å². The van der Waals surface area contributed by atoms with Crippen molar-refractivity contribution in [3.05, 3.63) is 23.8 Å². The molecule has 0 spiro atoms.